The zero-order chi connectivity index (χ0) is 10.8. The Morgan fingerprint density at radius 1 is 1.27 bits per heavy atom. The molecule has 0 fully saturated rings. The number of phenols is 1. The SMILES string of the molecule is Cc1nc(Oc2ccccc2O)sc1C. The molecule has 1 heterocycles. The third-order valence-corrected chi connectivity index (χ3v) is 3.02. The molecule has 0 amide bonds. The lowest BCUT2D eigenvalue weighted by molar-refractivity contribution is 0.409. The zero-order valence-corrected chi connectivity index (χ0v) is 9.34. The number of hydrogen-bond acceptors (Lipinski definition) is 4. The molecule has 15 heavy (non-hydrogen) atoms. The minimum Gasteiger partial charge on any atom is -0.504 e. The summed E-state index contributed by atoms with van der Waals surface area (Å²) in [6.45, 7) is 3.92. The van der Waals surface area contributed by atoms with Crippen LogP contribution < -0.4 is 4.74 Å². The number of thiazole rings is 1. The van der Waals surface area contributed by atoms with Crippen LogP contribution in [-0.4, -0.2) is 10.1 Å². The van der Waals surface area contributed by atoms with Crippen LogP contribution in [-0.2, 0) is 0 Å². The molecule has 2 aromatic rings. The number of benzene rings is 1. The largest absolute Gasteiger partial charge is 0.504 e. The third-order valence-electron chi connectivity index (χ3n) is 2.07. The lowest BCUT2D eigenvalue weighted by Crippen LogP contribution is -1.83. The van der Waals surface area contributed by atoms with Gasteiger partial charge in [-0.2, -0.15) is 0 Å². The molecule has 0 saturated carbocycles. The van der Waals surface area contributed by atoms with Crippen molar-refractivity contribution in [3.8, 4) is 16.7 Å². The van der Waals surface area contributed by atoms with E-state index in [1.165, 1.54) is 11.3 Å². The fourth-order valence-electron chi connectivity index (χ4n) is 1.12. The molecule has 0 unspecified atom stereocenters. The first-order chi connectivity index (χ1) is 7.16. The molecule has 1 aromatic heterocycles. The first-order valence-corrected chi connectivity index (χ1v) is 5.38. The van der Waals surface area contributed by atoms with Crippen LogP contribution in [0.1, 0.15) is 10.6 Å². The van der Waals surface area contributed by atoms with Crippen LogP contribution in [0.5, 0.6) is 16.7 Å². The van der Waals surface area contributed by atoms with Crippen molar-refractivity contribution < 1.29 is 9.84 Å². The molecule has 2 rings (SSSR count). The van der Waals surface area contributed by atoms with E-state index in [1.54, 1.807) is 18.2 Å². The van der Waals surface area contributed by atoms with E-state index in [1.807, 2.05) is 19.9 Å². The monoisotopic (exact) mass is 221 g/mol. The molecule has 0 saturated heterocycles. The van der Waals surface area contributed by atoms with Crippen molar-refractivity contribution in [2.45, 2.75) is 13.8 Å². The van der Waals surface area contributed by atoms with Gasteiger partial charge in [-0.15, -0.1) is 0 Å². The van der Waals surface area contributed by atoms with Crippen LogP contribution in [0.4, 0.5) is 0 Å². The Labute approximate surface area is 92.0 Å². The number of aromatic nitrogens is 1. The molecule has 0 radical (unpaired) electrons. The van der Waals surface area contributed by atoms with Gasteiger partial charge in [0, 0.05) is 4.88 Å². The number of ether oxygens (including phenoxy) is 1. The summed E-state index contributed by atoms with van der Waals surface area (Å²) >= 11 is 1.47. The summed E-state index contributed by atoms with van der Waals surface area (Å²) in [5.41, 5.74) is 0.963. The van der Waals surface area contributed by atoms with Gasteiger partial charge >= 0.3 is 0 Å². The number of hydrogen-bond donors (Lipinski definition) is 1. The van der Waals surface area contributed by atoms with Gasteiger partial charge in [-0.25, -0.2) is 4.98 Å². The minimum atomic E-state index is 0.128. The van der Waals surface area contributed by atoms with E-state index < -0.39 is 0 Å². The molecule has 0 atom stereocenters. The maximum Gasteiger partial charge on any atom is 0.279 e. The van der Waals surface area contributed by atoms with Gasteiger partial charge in [-0.05, 0) is 26.0 Å². The van der Waals surface area contributed by atoms with E-state index in [0.717, 1.165) is 10.6 Å². The molecule has 1 N–H and O–H groups in total. The van der Waals surface area contributed by atoms with Gasteiger partial charge < -0.3 is 9.84 Å². The Morgan fingerprint density at radius 2 is 2.00 bits per heavy atom. The summed E-state index contributed by atoms with van der Waals surface area (Å²) in [5.74, 6) is 0.564. The highest BCUT2D eigenvalue weighted by molar-refractivity contribution is 7.13. The second-order valence-corrected chi connectivity index (χ2v) is 4.36. The molecular weight excluding hydrogens is 210 g/mol. The van der Waals surface area contributed by atoms with Crippen molar-refractivity contribution in [2.24, 2.45) is 0 Å². The predicted molar refractivity (Wildman–Crippen MR) is 59.8 cm³/mol. The molecule has 0 aliphatic rings. The number of rotatable bonds is 2. The molecule has 0 bridgehead atoms. The van der Waals surface area contributed by atoms with E-state index in [4.69, 9.17) is 4.74 Å². The van der Waals surface area contributed by atoms with Crippen LogP contribution in [0.25, 0.3) is 0 Å². The van der Waals surface area contributed by atoms with Crippen LogP contribution in [0, 0.1) is 13.8 Å². The molecule has 0 spiro atoms. The second kappa shape index (κ2) is 3.90. The highest BCUT2D eigenvalue weighted by atomic mass is 32.1. The molecular formula is C11H11NO2S. The van der Waals surface area contributed by atoms with Gasteiger partial charge in [0.05, 0.1) is 5.69 Å². The highest BCUT2D eigenvalue weighted by Crippen LogP contribution is 2.33. The first kappa shape index (κ1) is 9.98. The molecule has 3 nitrogen and oxygen atoms in total. The van der Waals surface area contributed by atoms with Crippen molar-refractivity contribution in [2.75, 3.05) is 0 Å². The van der Waals surface area contributed by atoms with Crippen molar-refractivity contribution >= 4 is 11.3 Å². The van der Waals surface area contributed by atoms with Crippen LogP contribution in [0.2, 0.25) is 0 Å². The first-order valence-electron chi connectivity index (χ1n) is 4.56. The normalized spacial score (nSPS) is 10.3. The van der Waals surface area contributed by atoms with Gasteiger partial charge in [0.2, 0.25) is 0 Å². The molecule has 0 aliphatic carbocycles. The van der Waals surface area contributed by atoms with Gasteiger partial charge in [0.25, 0.3) is 5.19 Å². The summed E-state index contributed by atoms with van der Waals surface area (Å²) in [7, 11) is 0. The van der Waals surface area contributed by atoms with E-state index in [0.29, 0.717) is 10.9 Å². The zero-order valence-electron chi connectivity index (χ0n) is 8.52. The predicted octanol–water partition coefficient (Wildman–Crippen LogP) is 3.26. The average Bonchev–Trinajstić information content (AvgIpc) is 2.50. The topological polar surface area (TPSA) is 42.4 Å². The van der Waals surface area contributed by atoms with Crippen LogP contribution in [0.3, 0.4) is 0 Å². The minimum absolute atomic E-state index is 0.128. The maximum absolute atomic E-state index is 9.50. The molecule has 0 aliphatic heterocycles. The summed E-state index contributed by atoms with van der Waals surface area (Å²) in [4.78, 5) is 5.36. The number of phenolic OH excluding ortho intramolecular Hbond substituents is 1. The van der Waals surface area contributed by atoms with Crippen LogP contribution >= 0.6 is 11.3 Å². The lowest BCUT2D eigenvalue weighted by atomic mass is 10.3. The number of aryl methyl sites for hydroxylation is 2. The smallest absolute Gasteiger partial charge is 0.279 e. The van der Waals surface area contributed by atoms with Crippen molar-refractivity contribution in [3.05, 3.63) is 34.8 Å². The Morgan fingerprint density at radius 3 is 2.60 bits per heavy atom. The second-order valence-electron chi connectivity index (χ2n) is 3.19. The van der Waals surface area contributed by atoms with Crippen molar-refractivity contribution in [1.29, 1.82) is 0 Å². The Hall–Kier alpha value is -1.55. The van der Waals surface area contributed by atoms with Gasteiger partial charge in [0.15, 0.2) is 11.5 Å². The summed E-state index contributed by atoms with van der Waals surface area (Å²) in [6.07, 6.45) is 0. The summed E-state index contributed by atoms with van der Waals surface area (Å²) in [6, 6.07) is 6.85. The van der Waals surface area contributed by atoms with Gasteiger partial charge in [-0.1, -0.05) is 23.5 Å². The summed E-state index contributed by atoms with van der Waals surface area (Å²) in [5, 5.41) is 10.1. The van der Waals surface area contributed by atoms with Gasteiger partial charge in [0.1, 0.15) is 0 Å². The average molecular weight is 221 g/mol. The Balaban J connectivity index is 2.26. The number of aromatic hydroxyl groups is 1. The lowest BCUT2D eigenvalue weighted by Gasteiger charge is -2.02. The van der Waals surface area contributed by atoms with Gasteiger partial charge in [-0.3, -0.25) is 0 Å². The maximum atomic E-state index is 9.50. The molecule has 4 heteroatoms. The van der Waals surface area contributed by atoms with E-state index in [9.17, 15) is 5.11 Å². The van der Waals surface area contributed by atoms with E-state index in [2.05, 4.69) is 4.98 Å². The molecule has 78 valence electrons. The van der Waals surface area contributed by atoms with E-state index in [-0.39, 0.29) is 5.75 Å². The standard InChI is InChI=1S/C11H11NO2S/c1-7-8(2)15-11(12-7)14-10-6-4-3-5-9(10)13/h3-6,13H,1-2H3. The fourth-order valence-corrected chi connectivity index (χ4v) is 1.89. The number of nitrogens with zero attached hydrogens (tertiary/aromatic N) is 1. The fraction of sp³-hybridized carbons (Fsp3) is 0.182. The summed E-state index contributed by atoms with van der Waals surface area (Å²) < 4.78 is 5.47. The highest BCUT2D eigenvalue weighted by Gasteiger charge is 2.07. The van der Waals surface area contributed by atoms with E-state index >= 15 is 0 Å². The third kappa shape index (κ3) is 2.10. The number of para-hydroxylation sites is 2. The molecule has 1 aromatic carbocycles. The van der Waals surface area contributed by atoms with Crippen molar-refractivity contribution in [3.63, 3.8) is 0 Å². The Bertz CT molecular complexity index is 460. The van der Waals surface area contributed by atoms with Crippen molar-refractivity contribution in [1.82, 2.24) is 4.98 Å². The van der Waals surface area contributed by atoms with Crippen LogP contribution in [0.15, 0.2) is 24.3 Å². The Kier molecular flexibility index (Phi) is 2.60. The quantitative estimate of drug-likeness (QED) is 0.846.